The number of carbonyl (C=O) groups is 1. The second kappa shape index (κ2) is 5.72. The van der Waals surface area contributed by atoms with Gasteiger partial charge in [-0.3, -0.25) is 4.79 Å². The summed E-state index contributed by atoms with van der Waals surface area (Å²) in [5, 5.41) is 0.916. The largest absolute Gasteiger partial charge is 0.483 e. The van der Waals surface area contributed by atoms with E-state index >= 15 is 0 Å². The second-order valence-electron chi connectivity index (χ2n) is 5.42. The molecule has 0 bridgehead atoms. The van der Waals surface area contributed by atoms with Crippen LogP contribution in [0.15, 0.2) is 33.5 Å². The van der Waals surface area contributed by atoms with E-state index in [4.69, 9.17) is 9.15 Å². The normalized spacial score (nSPS) is 18.9. The molecule has 0 saturated heterocycles. The third-order valence-electron chi connectivity index (χ3n) is 3.96. The van der Waals surface area contributed by atoms with E-state index in [-0.39, 0.29) is 17.5 Å². The number of hydrogen-bond donors (Lipinski definition) is 0. The molecule has 1 aliphatic carbocycles. The Kier molecular flexibility index (Phi) is 3.78. The van der Waals surface area contributed by atoms with Crippen molar-refractivity contribution < 1.29 is 13.9 Å². The van der Waals surface area contributed by atoms with E-state index in [1.807, 2.05) is 19.1 Å². The molecule has 1 atom stereocenters. The Morgan fingerprint density at radius 1 is 1.24 bits per heavy atom. The van der Waals surface area contributed by atoms with Gasteiger partial charge in [0.1, 0.15) is 11.3 Å². The van der Waals surface area contributed by atoms with Gasteiger partial charge in [-0.15, -0.1) is 0 Å². The van der Waals surface area contributed by atoms with Gasteiger partial charge in [0.15, 0.2) is 11.9 Å². The van der Waals surface area contributed by atoms with Crippen LogP contribution in [0.3, 0.4) is 0 Å². The molecule has 1 saturated carbocycles. The smallest absolute Gasteiger partial charge is 0.336 e. The van der Waals surface area contributed by atoms with E-state index in [0.717, 1.165) is 36.6 Å². The summed E-state index contributed by atoms with van der Waals surface area (Å²) in [6.07, 6.45) is 3.72. The van der Waals surface area contributed by atoms with Crippen LogP contribution in [-0.4, -0.2) is 11.9 Å². The molecule has 3 rings (SSSR count). The lowest BCUT2D eigenvalue weighted by Crippen LogP contribution is -2.30. The predicted octanol–water partition coefficient (Wildman–Crippen LogP) is 3.25. The minimum absolute atomic E-state index is 0.158. The van der Waals surface area contributed by atoms with Gasteiger partial charge in [-0.25, -0.2) is 4.79 Å². The van der Waals surface area contributed by atoms with E-state index in [1.54, 1.807) is 6.07 Å². The summed E-state index contributed by atoms with van der Waals surface area (Å²) < 4.78 is 11.0. The number of ketones is 1. The first-order valence-electron chi connectivity index (χ1n) is 7.43. The third-order valence-corrected chi connectivity index (χ3v) is 3.96. The van der Waals surface area contributed by atoms with Gasteiger partial charge in [0.05, 0.1) is 0 Å². The summed E-state index contributed by atoms with van der Waals surface area (Å²) in [5.41, 5.74) is 1.12. The topological polar surface area (TPSA) is 56.5 Å². The first kappa shape index (κ1) is 13.9. The minimum Gasteiger partial charge on any atom is -0.483 e. The summed E-state index contributed by atoms with van der Waals surface area (Å²) in [6, 6.07) is 6.95. The van der Waals surface area contributed by atoms with Crippen molar-refractivity contribution in [1.29, 1.82) is 0 Å². The highest BCUT2D eigenvalue weighted by atomic mass is 16.5. The first-order chi connectivity index (χ1) is 10.2. The summed E-state index contributed by atoms with van der Waals surface area (Å²) >= 11 is 0. The van der Waals surface area contributed by atoms with Gasteiger partial charge in [-0.2, -0.15) is 0 Å². The maximum absolute atomic E-state index is 11.8. The number of aryl methyl sites for hydroxylation is 1. The lowest BCUT2D eigenvalue weighted by atomic mass is 9.96. The predicted molar refractivity (Wildman–Crippen MR) is 79.8 cm³/mol. The number of carbonyl (C=O) groups excluding carboxylic acids is 1. The van der Waals surface area contributed by atoms with Crippen LogP contribution in [0.25, 0.3) is 11.0 Å². The molecule has 1 fully saturated rings. The molecule has 0 amide bonds. The fraction of sp³-hybridized carbons (Fsp3) is 0.412. The Bertz CT molecular complexity index is 729. The number of hydrogen-bond acceptors (Lipinski definition) is 4. The summed E-state index contributed by atoms with van der Waals surface area (Å²) in [4.78, 5) is 23.4. The van der Waals surface area contributed by atoms with Gasteiger partial charge < -0.3 is 9.15 Å². The fourth-order valence-electron chi connectivity index (χ4n) is 2.82. The van der Waals surface area contributed by atoms with Crippen molar-refractivity contribution in [2.24, 2.45) is 0 Å². The molecule has 0 unspecified atom stereocenters. The van der Waals surface area contributed by atoms with E-state index in [0.29, 0.717) is 17.8 Å². The molecule has 1 heterocycles. The van der Waals surface area contributed by atoms with Gasteiger partial charge >= 0.3 is 5.63 Å². The molecule has 110 valence electrons. The quantitative estimate of drug-likeness (QED) is 0.813. The average molecular weight is 286 g/mol. The van der Waals surface area contributed by atoms with Gasteiger partial charge in [-0.1, -0.05) is 6.92 Å². The second-order valence-corrected chi connectivity index (χ2v) is 5.42. The van der Waals surface area contributed by atoms with Crippen LogP contribution in [-0.2, 0) is 11.2 Å². The minimum atomic E-state index is -0.364. The number of fused-ring (bicyclic) bond motifs is 1. The molecular formula is C17H18O4. The van der Waals surface area contributed by atoms with Crippen LogP contribution < -0.4 is 10.4 Å². The number of ether oxygens (including phenoxy) is 1. The van der Waals surface area contributed by atoms with E-state index in [2.05, 4.69) is 0 Å². The van der Waals surface area contributed by atoms with E-state index in [1.165, 1.54) is 6.07 Å². The maximum atomic E-state index is 11.8. The van der Waals surface area contributed by atoms with Crippen molar-refractivity contribution in [3.63, 3.8) is 0 Å². The van der Waals surface area contributed by atoms with Gasteiger partial charge in [0.25, 0.3) is 0 Å². The highest BCUT2D eigenvalue weighted by molar-refractivity contribution is 5.84. The zero-order chi connectivity index (χ0) is 14.8. The number of benzene rings is 1. The SMILES string of the molecule is CCc1cc(=O)oc2cc(O[C@H]3CCCCC3=O)ccc12. The summed E-state index contributed by atoms with van der Waals surface area (Å²) in [6.45, 7) is 2.00. The Balaban J connectivity index is 1.93. The van der Waals surface area contributed by atoms with Crippen molar-refractivity contribution in [2.75, 3.05) is 0 Å². The lowest BCUT2D eigenvalue weighted by molar-refractivity contribution is -0.127. The average Bonchev–Trinajstić information content (AvgIpc) is 2.48. The van der Waals surface area contributed by atoms with Crippen molar-refractivity contribution in [3.8, 4) is 5.75 Å². The van der Waals surface area contributed by atoms with Crippen LogP contribution in [0.5, 0.6) is 5.75 Å². The third kappa shape index (κ3) is 2.84. The monoisotopic (exact) mass is 286 g/mol. The fourth-order valence-corrected chi connectivity index (χ4v) is 2.82. The van der Waals surface area contributed by atoms with Gasteiger partial charge in [0.2, 0.25) is 0 Å². The van der Waals surface area contributed by atoms with Crippen LogP contribution in [0.2, 0.25) is 0 Å². The molecule has 21 heavy (non-hydrogen) atoms. The molecule has 4 heteroatoms. The molecule has 2 aromatic rings. The van der Waals surface area contributed by atoms with Crippen molar-refractivity contribution >= 4 is 16.8 Å². The molecule has 1 aliphatic rings. The summed E-state index contributed by atoms with van der Waals surface area (Å²) in [7, 11) is 0. The van der Waals surface area contributed by atoms with Gasteiger partial charge in [-0.05, 0) is 43.4 Å². The highest BCUT2D eigenvalue weighted by Gasteiger charge is 2.23. The van der Waals surface area contributed by atoms with Gasteiger partial charge in [0, 0.05) is 23.9 Å². The molecule has 4 nitrogen and oxygen atoms in total. The molecule has 0 spiro atoms. The summed E-state index contributed by atoms with van der Waals surface area (Å²) in [5.74, 6) is 0.740. The lowest BCUT2D eigenvalue weighted by Gasteiger charge is -2.21. The molecular weight excluding hydrogens is 268 g/mol. The molecule has 1 aromatic carbocycles. The molecule has 0 N–H and O–H groups in total. The molecule has 1 aromatic heterocycles. The van der Waals surface area contributed by atoms with Crippen molar-refractivity contribution in [3.05, 3.63) is 40.2 Å². The highest BCUT2D eigenvalue weighted by Crippen LogP contribution is 2.26. The number of Topliss-reactive ketones (excluding diaryl/α,β-unsaturated/α-hetero) is 1. The van der Waals surface area contributed by atoms with Crippen LogP contribution >= 0.6 is 0 Å². The maximum Gasteiger partial charge on any atom is 0.336 e. The molecule has 0 aliphatic heterocycles. The van der Waals surface area contributed by atoms with Crippen molar-refractivity contribution in [2.45, 2.75) is 45.1 Å². The standard InChI is InChI=1S/C17H18O4/c1-2-11-9-17(19)21-16-10-12(7-8-13(11)16)20-15-6-4-3-5-14(15)18/h7-10,15H,2-6H2,1H3/t15-/m0/s1. The van der Waals surface area contributed by atoms with Crippen LogP contribution in [0.1, 0.15) is 38.2 Å². The zero-order valence-corrected chi connectivity index (χ0v) is 12.1. The van der Waals surface area contributed by atoms with Crippen LogP contribution in [0.4, 0.5) is 0 Å². The Morgan fingerprint density at radius 2 is 2.10 bits per heavy atom. The number of rotatable bonds is 3. The Labute approximate surface area is 122 Å². The first-order valence-corrected chi connectivity index (χ1v) is 7.43. The zero-order valence-electron chi connectivity index (χ0n) is 12.1. The van der Waals surface area contributed by atoms with E-state index < -0.39 is 0 Å². The Morgan fingerprint density at radius 3 is 2.86 bits per heavy atom. The van der Waals surface area contributed by atoms with Crippen molar-refractivity contribution in [1.82, 2.24) is 0 Å². The van der Waals surface area contributed by atoms with Crippen LogP contribution in [0, 0.1) is 0 Å². The Hall–Kier alpha value is -2.10. The van der Waals surface area contributed by atoms with E-state index in [9.17, 15) is 9.59 Å². The molecule has 0 radical (unpaired) electrons.